The average Bonchev–Trinajstić information content (AvgIpc) is 0.753. The van der Waals surface area contributed by atoms with Gasteiger partial charge in [0, 0.05) is 54.8 Å². The van der Waals surface area contributed by atoms with E-state index < -0.39 is 259 Å². The van der Waals surface area contributed by atoms with Crippen molar-refractivity contribution in [3.05, 3.63) is 116 Å². The number of fused-ring (bicyclic) bond motifs is 15. The molecule has 40 heteroatoms. The minimum atomic E-state index is -3.76. The number of hydrogen-bond donors (Lipinski definition) is 21. The summed E-state index contributed by atoms with van der Waals surface area (Å²) in [6, 6.07) is -1.75. The molecule has 5 aromatic carbocycles. The van der Waals surface area contributed by atoms with Gasteiger partial charge in [0.05, 0.1) is 46.0 Å². The van der Waals surface area contributed by atoms with E-state index in [1.54, 1.807) is 0 Å². The number of aliphatic hydroxyl groups excluding tert-OH is 5. The third-order valence-corrected chi connectivity index (χ3v) is 23.4. The molecule has 7 aliphatic heterocycles. The Labute approximate surface area is 695 Å². The van der Waals surface area contributed by atoms with Crippen LogP contribution < -0.4 is 78.7 Å². The van der Waals surface area contributed by atoms with E-state index in [1.807, 2.05) is 13.8 Å². The maximum Gasteiger partial charge on any atom is 0.330 e. The van der Waals surface area contributed by atoms with Crippen molar-refractivity contribution in [3.8, 4) is 57.1 Å². The van der Waals surface area contributed by atoms with Crippen molar-refractivity contribution in [1.29, 1.82) is 0 Å². The number of ether oxygens (including phenoxy) is 6. The quantitative estimate of drug-likeness (QED) is 0.0319. The molecule has 0 aliphatic carbocycles. The predicted molar refractivity (Wildman–Crippen MR) is 427 cm³/mol. The molecule has 5 aromatic rings. The van der Waals surface area contributed by atoms with Crippen molar-refractivity contribution in [2.45, 2.75) is 221 Å². The number of carboxylic acid groups (broad SMARTS) is 1. The van der Waals surface area contributed by atoms with Gasteiger partial charge in [-0.05, 0) is 117 Å². The van der Waals surface area contributed by atoms with Gasteiger partial charge in [0.1, 0.15) is 89.5 Å². The molecule has 7 heterocycles. The molecule has 11 bridgehead atoms. The Kier molecular flexibility index (Phi) is 30.8. The van der Waals surface area contributed by atoms with Crippen molar-refractivity contribution in [3.63, 3.8) is 0 Å². The van der Waals surface area contributed by atoms with Crippen LogP contribution in [0.1, 0.15) is 169 Å². The fourth-order valence-electron chi connectivity index (χ4n) is 14.8. The highest BCUT2D eigenvalue weighted by atomic mass is 35.5. The molecule has 24 N–H and O–H groups in total. The second kappa shape index (κ2) is 39.9. The highest BCUT2D eigenvalue weighted by Gasteiger charge is 2.52. The van der Waals surface area contributed by atoms with Gasteiger partial charge in [0.15, 0.2) is 29.9 Å². The van der Waals surface area contributed by atoms with E-state index in [0.717, 1.165) is 99.2 Å². The van der Waals surface area contributed by atoms with Gasteiger partial charge >= 0.3 is 5.97 Å². The first kappa shape index (κ1) is 92.0. The minimum Gasteiger partial charge on any atom is -0.507 e. The number of nitrogens with one attached hydrogen (secondary N) is 9. The van der Waals surface area contributed by atoms with Crippen LogP contribution in [0.15, 0.2) is 72.8 Å². The molecule has 0 unspecified atom stereocenters. The van der Waals surface area contributed by atoms with Crippen LogP contribution in [-0.2, 0) is 69.1 Å². The molecule has 7 aliphatic rings. The van der Waals surface area contributed by atoms with E-state index in [1.165, 1.54) is 33.0 Å². The first-order chi connectivity index (χ1) is 56.3. The number of primary amides is 1. The first-order valence-electron chi connectivity index (χ1n) is 39.1. The number of sulfonamides is 1. The summed E-state index contributed by atoms with van der Waals surface area (Å²) in [6.07, 6.45) is -10.9. The Bertz CT molecular complexity index is 4680. The second-order valence-electron chi connectivity index (χ2n) is 30.9. The molecule has 0 aromatic heterocycles. The molecule has 2 fully saturated rings. The number of halogens is 2. The van der Waals surface area contributed by atoms with Crippen molar-refractivity contribution < 1.29 is 121 Å². The molecular weight excluding hydrogens is 1620 g/mol. The summed E-state index contributed by atoms with van der Waals surface area (Å²) in [5.74, 6) is -16.5. The van der Waals surface area contributed by atoms with E-state index >= 15 is 19.2 Å². The molecular formula is C79H104Cl2N12O25S. The number of aliphatic carboxylic acids is 1. The van der Waals surface area contributed by atoms with Gasteiger partial charge in [-0.1, -0.05) is 107 Å². The predicted octanol–water partition coefficient (Wildman–Crippen LogP) is 2.22. The van der Waals surface area contributed by atoms with Gasteiger partial charge in [-0.15, -0.1) is 0 Å². The van der Waals surface area contributed by atoms with E-state index in [4.69, 9.17) is 68.8 Å². The topological polar surface area (TPSA) is 594 Å². The van der Waals surface area contributed by atoms with E-state index in [-0.39, 0.29) is 65.1 Å². The standard InChI is InChI=1S/C79H104Cl2N12O25S/c1-7-8-9-10-11-12-13-14-23-119(111,112)87-22-21-86-34-43-49(95)30-42-57(65(43)99)41-25-37(15-18-48(41)94)58-73(105)93-62(76(108)91-60(42)77(109)110)64(98)39-17-20-51(45(81)27-39)115-53-29-40-28-52(68(53)118-78-69(67(101)66(100)54(33-82)116-78)117-56-32-79(5,84)70(102)36(4)113-56)114-50-19-16-38(26-44(50)80)63(97)61(92-71(103)46(85-6)24-35(2)3)75(107)88-47(31-55(83)96)72(104)89-59(40)74(106)90-58/h15-20,25-30,35-36,46-47,54,56,58-64,66-67,69-70,78,85-87,94-95,97-102H,7-14,21-24,31-34,82,84H2,1-6H3,(H2,83,96)(H,88,107)(H,89,104)(H,90,106)(H,91,108)(H,92,103)(H,93,105)(H,109,110)/t36-,46+,47-,54+,56-,58+,59+,60-,61+,62-,63+,64+,66+,67-,69+,70+,78-,79-/m0/s1. The monoisotopic (exact) mass is 1720 g/mol. The van der Waals surface area contributed by atoms with E-state index in [2.05, 4.69) is 54.2 Å². The number of amides is 7. The number of likely N-dealkylation sites (N-methyl/N-ethyl adjacent to an activating group) is 1. The molecule has 12 rings (SSSR count). The minimum absolute atomic E-state index is 0.112. The van der Waals surface area contributed by atoms with Gasteiger partial charge in [-0.3, -0.25) is 33.6 Å². The molecule has 650 valence electrons. The molecule has 18 atom stereocenters. The molecule has 119 heavy (non-hydrogen) atoms. The molecule has 0 radical (unpaired) electrons. The average molecular weight is 1720 g/mol. The smallest absolute Gasteiger partial charge is 0.330 e. The van der Waals surface area contributed by atoms with Crippen LogP contribution >= 0.6 is 23.2 Å². The van der Waals surface area contributed by atoms with Crippen molar-refractivity contribution in [2.75, 3.05) is 32.4 Å². The number of carbonyl (C=O) groups is 8. The third kappa shape index (κ3) is 22.1. The third-order valence-electron chi connectivity index (χ3n) is 21.3. The highest BCUT2D eigenvalue weighted by Crippen LogP contribution is 2.51. The number of phenolic OH excluding ortho intramolecular Hbond substituents is 3. The number of rotatable bonds is 28. The summed E-state index contributed by atoms with van der Waals surface area (Å²) < 4.78 is 67.4. The lowest BCUT2D eigenvalue weighted by atomic mass is 9.86. The fourth-order valence-corrected chi connectivity index (χ4v) is 16.4. The van der Waals surface area contributed by atoms with Crippen LogP contribution in [0, 0.1) is 5.92 Å². The Morgan fingerprint density at radius 1 is 0.706 bits per heavy atom. The highest BCUT2D eigenvalue weighted by molar-refractivity contribution is 7.89. The number of carboxylic acids is 1. The lowest BCUT2D eigenvalue weighted by molar-refractivity contribution is -0.330. The van der Waals surface area contributed by atoms with Crippen LogP contribution in [0.5, 0.6) is 46.0 Å². The summed E-state index contributed by atoms with van der Waals surface area (Å²) in [7, 11) is -2.28. The summed E-state index contributed by atoms with van der Waals surface area (Å²) in [5, 5.41) is 127. The largest absolute Gasteiger partial charge is 0.507 e. The van der Waals surface area contributed by atoms with Gasteiger partial charge in [0.2, 0.25) is 63.4 Å². The Balaban J connectivity index is 1.16. The second-order valence-corrected chi connectivity index (χ2v) is 33.6. The normalized spacial score (nSPS) is 26.9. The summed E-state index contributed by atoms with van der Waals surface area (Å²) in [6.45, 7) is 7.51. The molecule has 2 saturated heterocycles. The lowest BCUT2D eigenvalue weighted by Gasteiger charge is -2.47. The number of aromatic hydroxyl groups is 3. The number of nitrogens with two attached hydrogens (primary N) is 3. The zero-order chi connectivity index (χ0) is 86.8. The summed E-state index contributed by atoms with van der Waals surface area (Å²) >= 11 is 14.3. The first-order valence-corrected chi connectivity index (χ1v) is 41.5. The zero-order valence-electron chi connectivity index (χ0n) is 66.1. The fraction of sp³-hybridized carbons (Fsp3) is 0.519. The number of phenols is 3. The zero-order valence-corrected chi connectivity index (χ0v) is 68.4. The number of aliphatic hydroxyl groups is 5. The Hall–Kier alpha value is -9.33. The number of benzene rings is 5. The van der Waals surface area contributed by atoms with Crippen LogP contribution in [0.4, 0.5) is 0 Å². The maximum atomic E-state index is 16.3. The van der Waals surface area contributed by atoms with Crippen molar-refractivity contribution in [2.24, 2.45) is 23.1 Å². The van der Waals surface area contributed by atoms with E-state index in [0.29, 0.717) is 12.8 Å². The Morgan fingerprint density at radius 2 is 1.31 bits per heavy atom. The van der Waals surface area contributed by atoms with Gasteiger partial charge < -0.3 is 134 Å². The molecule has 0 saturated carbocycles. The van der Waals surface area contributed by atoms with Crippen molar-refractivity contribution >= 4 is 80.5 Å². The lowest BCUT2D eigenvalue weighted by Crippen LogP contribution is -2.65. The number of hydrogen-bond acceptors (Lipinski definition) is 28. The number of carbonyl (C=O) groups excluding carboxylic acids is 7. The SMILES string of the molecule is CCCCCCCCCCS(=O)(=O)NCCNCc1c(O)cc2c(c1O)-c1cc(ccc1O)[C@H]1NC(=O)[C@@H]3NC(=O)[C@H](CC(N)=O)NC(=O)[C@H](NC(=O)[C@@H](CC(C)C)NC)[C@H](O)c4ccc(c(Cl)c4)Oc4cc3cc(c4O[C@@H]3O[C@H](CN)[C@@H](O)[C@H](O)[C@H]3O[C@H]3C[C@](C)(N)[C@H](O)[C@H](C)O3)Oc3ccc(cc3Cl)[C@@H](O)[C@H](NC1=O)C(=O)N[C@@H]2C(=O)O. The maximum absolute atomic E-state index is 16.3. The molecule has 37 nitrogen and oxygen atoms in total. The van der Waals surface area contributed by atoms with Crippen LogP contribution in [0.25, 0.3) is 11.1 Å². The summed E-state index contributed by atoms with van der Waals surface area (Å²) in [5.41, 5.74) is 13.6. The van der Waals surface area contributed by atoms with Gasteiger partial charge in [0.25, 0.3) is 0 Å². The van der Waals surface area contributed by atoms with Crippen molar-refractivity contribution in [1.82, 2.24) is 47.3 Å². The Morgan fingerprint density at radius 3 is 1.91 bits per heavy atom. The van der Waals surface area contributed by atoms with Crippen LogP contribution in [-0.4, -0.2) is 213 Å². The summed E-state index contributed by atoms with van der Waals surface area (Å²) in [4.78, 5) is 119. The van der Waals surface area contributed by atoms with Gasteiger partial charge in [-0.2, -0.15) is 0 Å². The molecule has 7 amide bonds. The van der Waals surface area contributed by atoms with Crippen LogP contribution in [0.3, 0.4) is 0 Å². The molecule has 0 spiro atoms. The van der Waals surface area contributed by atoms with Crippen LogP contribution in [0.2, 0.25) is 10.0 Å². The number of unbranched alkanes of at least 4 members (excludes halogenated alkanes) is 7. The van der Waals surface area contributed by atoms with Gasteiger partial charge in [-0.25, -0.2) is 17.9 Å². The van der Waals surface area contributed by atoms with E-state index in [9.17, 15) is 73.6 Å².